The molecule has 35 heavy (non-hydrogen) atoms. The number of carbonyl (C=O) groups excluding carboxylic acids is 1. The van der Waals surface area contributed by atoms with Crippen molar-refractivity contribution in [3.05, 3.63) is 50.8 Å². The topological polar surface area (TPSA) is 121 Å². The van der Waals surface area contributed by atoms with Crippen molar-refractivity contribution in [3.63, 3.8) is 0 Å². The average Bonchev–Trinajstić information content (AvgIpc) is 3.47. The lowest BCUT2D eigenvalue weighted by atomic mass is 9.86. The number of fused-ring (bicyclic) bond motifs is 6. The van der Waals surface area contributed by atoms with Crippen LogP contribution >= 0.6 is 0 Å². The second kappa shape index (κ2) is 8.04. The van der Waals surface area contributed by atoms with Crippen LogP contribution in [0.15, 0.2) is 23.0 Å². The fourth-order valence-electron chi connectivity index (χ4n) is 5.14. The van der Waals surface area contributed by atoms with Gasteiger partial charge in [-0.15, -0.1) is 0 Å². The first-order valence-corrected chi connectivity index (χ1v) is 11.6. The Bertz CT molecular complexity index is 1450. The molecule has 0 aliphatic carbocycles. The summed E-state index contributed by atoms with van der Waals surface area (Å²) in [6.45, 7) is 3.77. The number of cyclic esters (lactones) is 1. The van der Waals surface area contributed by atoms with Crippen LogP contribution in [0.25, 0.3) is 22.3 Å². The van der Waals surface area contributed by atoms with Crippen LogP contribution in [0.4, 0.5) is 0 Å². The molecule has 0 spiro atoms. The van der Waals surface area contributed by atoms with Crippen LogP contribution < -0.4 is 20.3 Å². The summed E-state index contributed by atoms with van der Waals surface area (Å²) in [7, 11) is 1.65. The predicted octanol–water partition coefficient (Wildman–Crippen LogP) is 1.54. The zero-order valence-electron chi connectivity index (χ0n) is 19.5. The maximum atomic E-state index is 13.5. The summed E-state index contributed by atoms with van der Waals surface area (Å²) >= 11 is 0. The van der Waals surface area contributed by atoms with Crippen molar-refractivity contribution < 1.29 is 28.8 Å². The minimum atomic E-state index is -1.86. The van der Waals surface area contributed by atoms with Gasteiger partial charge in [-0.3, -0.25) is 4.79 Å². The molecule has 1 aromatic carbocycles. The second-order valence-electron chi connectivity index (χ2n) is 8.91. The first-order valence-electron chi connectivity index (χ1n) is 11.6. The van der Waals surface area contributed by atoms with Gasteiger partial charge in [-0.2, -0.15) is 0 Å². The molecule has 0 amide bonds. The van der Waals surface area contributed by atoms with Crippen LogP contribution in [-0.4, -0.2) is 47.7 Å². The van der Waals surface area contributed by atoms with E-state index in [9.17, 15) is 14.7 Å². The first kappa shape index (κ1) is 22.0. The normalized spacial score (nSPS) is 19.5. The van der Waals surface area contributed by atoms with Crippen LogP contribution in [0.1, 0.15) is 35.6 Å². The average molecular weight is 479 g/mol. The third-order valence-corrected chi connectivity index (χ3v) is 7.08. The minimum absolute atomic E-state index is 0.0951. The van der Waals surface area contributed by atoms with Gasteiger partial charge in [0.25, 0.3) is 5.56 Å². The van der Waals surface area contributed by atoms with Gasteiger partial charge in [0.1, 0.15) is 6.61 Å². The number of hydrogen-bond donors (Lipinski definition) is 2. The van der Waals surface area contributed by atoms with Gasteiger partial charge >= 0.3 is 5.97 Å². The molecule has 0 unspecified atom stereocenters. The summed E-state index contributed by atoms with van der Waals surface area (Å²) in [5.41, 5.74) is 2.29. The Morgan fingerprint density at radius 3 is 2.74 bits per heavy atom. The van der Waals surface area contributed by atoms with E-state index in [1.54, 1.807) is 24.7 Å². The Morgan fingerprint density at radius 1 is 1.17 bits per heavy atom. The van der Waals surface area contributed by atoms with Gasteiger partial charge in [-0.05, 0) is 24.1 Å². The van der Waals surface area contributed by atoms with Gasteiger partial charge in [-0.1, -0.05) is 6.92 Å². The molecular weight excluding hydrogens is 454 g/mol. The van der Waals surface area contributed by atoms with Gasteiger partial charge in [0.15, 0.2) is 17.1 Å². The van der Waals surface area contributed by atoms with Crippen molar-refractivity contribution >= 4 is 16.9 Å². The molecule has 2 N–H and O–H groups in total. The standard InChI is InChI=1S/C25H25N3O7/c1-3-25(31)17-7-19-22-15(10-28(19)23(29)16(17)11-33-24(25)30)14(9-26-4-5-32-2)13-6-20-21(35-12-34-20)8-18(13)27-22/h6-8,26,31H,3-5,9-12H2,1-2H3/t25-/m0/s1. The Balaban J connectivity index is 1.57. The van der Waals surface area contributed by atoms with Gasteiger partial charge in [0.2, 0.25) is 6.79 Å². The second-order valence-corrected chi connectivity index (χ2v) is 8.91. The van der Waals surface area contributed by atoms with Gasteiger partial charge in [-0.25, -0.2) is 9.78 Å². The number of methoxy groups -OCH3 is 1. The fourth-order valence-corrected chi connectivity index (χ4v) is 5.14. The van der Waals surface area contributed by atoms with Crippen LogP contribution in [0.2, 0.25) is 0 Å². The fraction of sp³-hybridized carbons (Fsp3) is 0.400. The van der Waals surface area contributed by atoms with Gasteiger partial charge in [0.05, 0.1) is 35.6 Å². The zero-order valence-corrected chi connectivity index (χ0v) is 19.5. The lowest BCUT2D eigenvalue weighted by molar-refractivity contribution is -0.172. The van der Waals surface area contributed by atoms with E-state index in [-0.39, 0.29) is 25.4 Å². The molecule has 3 aliphatic heterocycles. The summed E-state index contributed by atoms with van der Waals surface area (Å²) in [6.07, 6.45) is 0.0951. The molecule has 2 aromatic heterocycles. The number of hydrogen-bond acceptors (Lipinski definition) is 9. The molecule has 6 rings (SSSR count). The number of nitrogens with zero attached hydrogens (tertiary/aromatic N) is 2. The Hall–Kier alpha value is -3.47. The largest absolute Gasteiger partial charge is 0.458 e. The number of aromatic nitrogens is 2. The van der Waals surface area contributed by atoms with Crippen molar-refractivity contribution in [1.29, 1.82) is 0 Å². The smallest absolute Gasteiger partial charge is 0.343 e. The van der Waals surface area contributed by atoms with E-state index >= 15 is 0 Å². The van der Waals surface area contributed by atoms with E-state index in [2.05, 4.69) is 5.32 Å². The molecule has 0 fully saturated rings. The van der Waals surface area contributed by atoms with Crippen LogP contribution in [0.3, 0.4) is 0 Å². The summed E-state index contributed by atoms with van der Waals surface area (Å²) in [6, 6.07) is 5.49. The highest BCUT2D eigenvalue weighted by Crippen LogP contribution is 2.43. The summed E-state index contributed by atoms with van der Waals surface area (Å²) in [5, 5.41) is 15.4. The van der Waals surface area contributed by atoms with Crippen LogP contribution in [0.5, 0.6) is 11.5 Å². The number of benzene rings is 1. The number of rotatable bonds is 6. The molecule has 3 aromatic rings. The van der Waals surface area contributed by atoms with E-state index in [0.717, 1.165) is 16.5 Å². The molecule has 5 heterocycles. The van der Waals surface area contributed by atoms with Crippen molar-refractivity contribution in [2.45, 2.75) is 38.6 Å². The highest BCUT2D eigenvalue weighted by molar-refractivity contribution is 5.91. The lowest BCUT2D eigenvalue weighted by Gasteiger charge is -2.31. The molecule has 0 saturated carbocycles. The quantitative estimate of drug-likeness (QED) is 0.313. The third-order valence-electron chi connectivity index (χ3n) is 7.08. The molecule has 0 bridgehead atoms. The molecule has 182 valence electrons. The molecule has 0 saturated heterocycles. The monoisotopic (exact) mass is 479 g/mol. The summed E-state index contributed by atoms with van der Waals surface area (Å²) < 4.78 is 23.1. The SMILES string of the molecule is CC[C@@]1(O)C(=O)OCc2c1cc1n(c2=O)Cc2c-1nc1cc3c(cc1c2CNCCOC)OCO3. The number of esters is 1. The van der Waals surface area contributed by atoms with Crippen molar-refractivity contribution in [3.8, 4) is 22.9 Å². The minimum Gasteiger partial charge on any atom is -0.458 e. The van der Waals surface area contributed by atoms with Crippen LogP contribution in [-0.2, 0) is 39.6 Å². The molecular formula is C25H25N3O7. The highest BCUT2D eigenvalue weighted by atomic mass is 16.7. The van der Waals surface area contributed by atoms with E-state index in [4.69, 9.17) is 23.9 Å². The van der Waals surface area contributed by atoms with Crippen LogP contribution in [0, 0.1) is 0 Å². The molecule has 0 radical (unpaired) electrons. The predicted molar refractivity (Wildman–Crippen MR) is 124 cm³/mol. The number of nitrogens with one attached hydrogen (secondary N) is 1. The van der Waals surface area contributed by atoms with E-state index in [0.29, 0.717) is 65.8 Å². The highest BCUT2D eigenvalue weighted by Gasteiger charge is 2.45. The summed E-state index contributed by atoms with van der Waals surface area (Å²) in [5.74, 6) is 0.536. The molecule has 3 aliphatic rings. The van der Waals surface area contributed by atoms with Gasteiger partial charge in [0, 0.05) is 42.8 Å². The third kappa shape index (κ3) is 3.17. The Morgan fingerprint density at radius 2 is 1.97 bits per heavy atom. The number of pyridine rings is 2. The number of carbonyl (C=O) groups is 1. The van der Waals surface area contributed by atoms with Crippen molar-refractivity contribution in [1.82, 2.24) is 14.9 Å². The maximum absolute atomic E-state index is 13.5. The maximum Gasteiger partial charge on any atom is 0.343 e. The van der Waals surface area contributed by atoms with E-state index in [1.807, 2.05) is 12.1 Å². The zero-order chi connectivity index (χ0) is 24.3. The molecule has 1 atom stereocenters. The first-order chi connectivity index (χ1) is 17.0. The van der Waals surface area contributed by atoms with E-state index < -0.39 is 11.6 Å². The van der Waals surface area contributed by atoms with Crippen molar-refractivity contribution in [2.24, 2.45) is 0 Å². The lowest BCUT2D eigenvalue weighted by Crippen LogP contribution is -2.44. The Kier molecular flexibility index (Phi) is 5.06. The molecule has 10 nitrogen and oxygen atoms in total. The number of aliphatic hydroxyl groups is 1. The number of ether oxygens (including phenoxy) is 4. The molecule has 10 heteroatoms. The summed E-state index contributed by atoms with van der Waals surface area (Å²) in [4.78, 5) is 30.9. The van der Waals surface area contributed by atoms with E-state index in [1.165, 1.54) is 0 Å². The Labute approximate surface area is 200 Å². The van der Waals surface area contributed by atoms with Crippen molar-refractivity contribution in [2.75, 3.05) is 27.1 Å². The van der Waals surface area contributed by atoms with Gasteiger partial charge < -0.3 is 33.9 Å².